The summed E-state index contributed by atoms with van der Waals surface area (Å²) in [5, 5.41) is 30.2. The second kappa shape index (κ2) is 7.16. The molecule has 0 saturated heterocycles. The second-order valence-corrected chi connectivity index (χ2v) is 7.10. The van der Waals surface area contributed by atoms with Crippen LogP contribution in [0.15, 0.2) is 79.1 Å². The number of nitrogens with zero attached hydrogens (tertiary/aromatic N) is 5. The van der Waals surface area contributed by atoms with Crippen molar-refractivity contribution in [1.29, 1.82) is 15.8 Å². The lowest BCUT2D eigenvalue weighted by Gasteiger charge is -2.11. The van der Waals surface area contributed by atoms with E-state index >= 15 is 0 Å². The molecule has 0 aliphatic carbocycles. The predicted molar refractivity (Wildman–Crippen MR) is 118 cm³/mol. The van der Waals surface area contributed by atoms with Crippen molar-refractivity contribution in [3.8, 4) is 35.0 Å². The van der Waals surface area contributed by atoms with E-state index < -0.39 is 0 Å². The zero-order valence-corrected chi connectivity index (χ0v) is 16.2. The maximum atomic E-state index is 9.63. The van der Waals surface area contributed by atoms with Crippen LogP contribution in [0.25, 0.3) is 38.6 Å². The van der Waals surface area contributed by atoms with Gasteiger partial charge in [0.05, 0.1) is 45.9 Å². The average Bonchev–Trinajstić information content (AvgIpc) is 3.16. The molecule has 5 heteroatoms. The molecule has 0 bridgehead atoms. The second-order valence-electron chi connectivity index (χ2n) is 7.10. The molecule has 2 heterocycles. The van der Waals surface area contributed by atoms with Gasteiger partial charge in [0.1, 0.15) is 0 Å². The highest BCUT2D eigenvalue weighted by molar-refractivity contribution is 6.10. The van der Waals surface area contributed by atoms with Gasteiger partial charge in [-0.15, -0.1) is 0 Å². The molecular weight excluding hydrogens is 382 g/mol. The Hall–Kier alpha value is -4.92. The van der Waals surface area contributed by atoms with Crippen LogP contribution in [0.5, 0.6) is 0 Å². The van der Waals surface area contributed by atoms with Crippen molar-refractivity contribution >= 4 is 21.8 Å². The fraction of sp³-hybridized carbons (Fsp3) is 0. The first-order valence-corrected chi connectivity index (χ1v) is 9.57. The number of fused-ring (bicyclic) bond motifs is 3. The molecule has 3 aromatic carbocycles. The van der Waals surface area contributed by atoms with Crippen LogP contribution in [-0.4, -0.2) is 9.55 Å². The summed E-state index contributed by atoms with van der Waals surface area (Å²) >= 11 is 0. The van der Waals surface area contributed by atoms with E-state index in [-0.39, 0.29) is 0 Å². The van der Waals surface area contributed by atoms with E-state index in [0.717, 1.165) is 38.6 Å². The van der Waals surface area contributed by atoms with E-state index in [1.807, 2.05) is 54.6 Å². The van der Waals surface area contributed by atoms with Gasteiger partial charge in [0.2, 0.25) is 0 Å². The third-order valence-corrected chi connectivity index (χ3v) is 5.40. The van der Waals surface area contributed by atoms with Crippen molar-refractivity contribution in [2.45, 2.75) is 0 Å². The van der Waals surface area contributed by atoms with Gasteiger partial charge in [-0.3, -0.25) is 4.98 Å². The fourth-order valence-corrected chi connectivity index (χ4v) is 3.98. The number of aromatic nitrogens is 2. The Labute approximate surface area is 178 Å². The molecule has 0 aliphatic rings. The molecule has 5 rings (SSSR count). The molecule has 0 unspecified atom stereocenters. The Kier molecular flexibility index (Phi) is 4.19. The van der Waals surface area contributed by atoms with Gasteiger partial charge in [-0.1, -0.05) is 0 Å². The molecule has 0 saturated carbocycles. The van der Waals surface area contributed by atoms with Crippen molar-refractivity contribution in [1.82, 2.24) is 9.55 Å². The zero-order chi connectivity index (χ0) is 21.4. The van der Waals surface area contributed by atoms with E-state index in [1.54, 1.807) is 24.5 Å². The van der Waals surface area contributed by atoms with Gasteiger partial charge >= 0.3 is 0 Å². The monoisotopic (exact) mass is 395 g/mol. The first kappa shape index (κ1) is 18.1. The molecule has 0 radical (unpaired) electrons. The molecular formula is C26H13N5. The Morgan fingerprint density at radius 1 is 0.645 bits per heavy atom. The molecule has 31 heavy (non-hydrogen) atoms. The number of nitriles is 3. The Morgan fingerprint density at radius 2 is 1.26 bits per heavy atom. The molecule has 2 aromatic heterocycles. The third kappa shape index (κ3) is 2.88. The summed E-state index contributed by atoms with van der Waals surface area (Å²) in [4.78, 5) is 4.07. The zero-order valence-electron chi connectivity index (χ0n) is 16.2. The van der Waals surface area contributed by atoms with Crippen molar-refractivity contribution < 1.29 is 0 Å². The van der Waals surface area contributed by atoms with E-state index in [1.165, 1.54) is 0 Å². The van der Waals surface area contributed by atoms with Gasteiger partial charge in [0.15, 0.2) is 0 Å². The summed E-state index contributed by atoms with van der Waals surface area (Å²) in [5.74, 6) is 0. The molecule has 5 aromatic rings. The maximum absolute atomic E-state index is 9.63. The SMILES string of the molecule is N#Cc1ccc2c(c1)c1cc(C#N)ccc1n2-c1ccc(C#N)c(-c2ccncc2)c1. The standard InChI is InChI=1S/C26H13N5/c27-14-17-1-5-25-23(11-17)24-12-18(15-28)2-6-26(24)31(25)21-4-3-20(16-29)22(13-21)19-7-9-30-10-8-19/h1-13H. The van der Waals surface area contributed by atoms with Gasteiger partial charge in [0.25, 0.3) is 0 Å². The lowest BCUT2D eigenvalue weighted by Crippen LogP contribution is -1.96. The molecule has 0 N–H and O–H groups in total. The highest BCUT2D eigenvalue weighted by Gasteiger charge is 2.15. The van der Waals surface area contributed by atoms with Crippen LogP contribution in [0.3, 0.4) is 0 Å². The number of hydrogen-bond donors (Lipinski definition) is 0. The van der Waals surface area contributed by atoms with Crippen molar-refractivity contribution in [3.63, 3.8) is 0 Å². The van der Waals surface area contributed by atoms with Crippen molar-refractivity contribution in [2.24, 2.45) is 0 Å². The van der Waals surface area contributed by atoms with Crippen LogP contribution in [0.4, 0.5) is 0 Å². The van der Waals surface area contributed by atoms with Gasteiger partial charge < -0.3 is 4.57 Å². The molecule has 0 aliphatic heterocycles. The third-order valence-electron chi connectivity index (χ3n) is 5.40. The summed E-state index contributed by atoms with van der Waals surface area (Å²) < 4.78 is 2.10. The molecule has 0 atom stereocenters. The van der Waals surface area contributed by atoms with E-state index in [2.05, 4.69) is 27.8 Å². The predicted octanol–water partition coefficient (Wildman–Crippen LogP) is 5.46. The smallest absolute Gasteiger partial charge is 0.0998 e. The minimum atomic E-state index is 0.561. The van der Waals surface area contributed by atoms with Crippen LogP contribution >= 0.6 is 0 Å². The van der Waals surface area contributed by atoms with Gasteiger partial charge in [-0.25, -0.2) is 0 Å². The molecule has 0 amide bonds. The topological polar surface area (TPSA) is 89.2 Å². The normalized spacial score (nSPS) is 10.5. The molecule has 142 valence electrons. The Bertz CT molecular complexity index is 1540. The number of hydrogen-bond acceptors (Lipinski definition) is 4. The lowest BCUT2D eigenvalue weighted by atomic mass is 10.0. The molecule has 0 spiro atoms. The summed E-state index contributed by atoms with van der Waals surface area (Å²) in [5.41, 5.74) is 6.17. The van der Waals surface area contributed by atoms with Gasteiger partial charge in [-0.05, 0) is 72.3 Å². The summed E-state index contributed by atoms with van der Waals surface area (Å²) in [7, 11) is 0. The van der Waals surface area contributed by atoms with E-state index in [0.29, 0.717) is 16.7 Å². The van der Waals surface area contributed by atoms with Crippen LogP contribution in [-0.2, 0) is 0 Å². The van der Waals surface area contributed by atoms with E-state index in [9.17, 15) is 15.8 Å². The first-order chi connectivity index (χ1) is 15.2. The van der Waals surface area contributed by atoms with E-state index in [4.69, 9.17) is 0 Å². The summed E-state index contributed by atoms with van der Waals surface area (Å²) in [6.45, 7) is 0. The molecule has 5 nitrogen and oxygen atoms in total. The number of rotatable bonds is 2. The Balaban J connectivity index is 1.86. The minimum Gasteiger partial charge on any atom is -0.309 e. The largest absolute Gasteiger partial charge is 0.309 e. The maximum Gasteiger partial charge on any atom is 0.0998 e. The summed E-state index contributed by atoms with van der Waals surface area (Å²) in [6, 6.07) is 27.2. The van der Waals surface area contributed by atoms with Crippen LogP contribution in [0.2, 0.25) is 0 Å². The highest BCUT2D eigenvalue weighted by atomic mass is 15.0. The van der Waals surface area contributed by atoms with Crippen LogP contribution < -0.4 is 0 Å². The molecule has 0 fully saturated rings. The van der Waals surface area contributed by atoms with Crippen LogP contribution in [0.1, 0.15) is 16.7 Å². The highest BCUT2D eigenvalue weighted by Crippen LogP contribution is 2.35. The number of pyridine rings is 1. The number of benzene rings is 3. The van der Waals surface area contributed by atoms with Crippen LogP contribution in [0, 0.1) is 34.0 Å². The minimum absolute atomic E-state index is 0.561. The fourth-order valence-electron chi connectivity index (χ4n) is 3.98. The summed E-state index contributed by atoms with van der Waals surface area (Å²) in [6.07, 6.45) is 3.41. The first-order valence-electron chi connectivity index (χ1n) is 9.57. The Morgan fingerprint density at radius 3 is 1.81 bits per heavy atom. The van der Waals surface area contributed by atoms with Gasteiger partial charge in [-0.2, -0.15) is 15.8 Å². The van der Waals surface area contributed by atoms with Crippen molar-refractivity contribution in [2.75, 3.05) is 0 Å². The van der Waals surface area contributed by atoms with Crippen molar-refractivity contribution in [3.05, 3.63) is 95.8 Å². The van der Waals surface area contributed by atoms with Gasteiger partial charge in [0, 0.05) is 34.4 Å². The lowest BCUT2D eigenvalue weighted by molar-refractivity contribution is 1.18. The quantitative estimate of drug-likeness (QED) is 0.397. The average molecular weight is 395 g/mol.